The molecule has 0 spiro atoms. The third-order valence-electron chi connectivity index (χ3n) is 3.56. The van der Waals surface area contributed by atoms with Gasteiger partial charge >= 0.3 is 0 Å². The van der Waals surface area contributed by atoms with E-state index in [1.54, 1.807) is 5.57 Å². The fraction of sp³-hybridized carbons (Fsp3) is 0.867. The monoisotopic (exact) mass is 208 g/mol. The van der Waals surface area contributed by atoms with E-state index < -0.39 is 0 Å². The summed E-state index contributed by atoms with van der Waals surface area (Å²) in [6, 6.07) is 0. The molecule has 1 unspecified atom stereocenters. The average molecular weight is 208 g/mol. The molecule has 1 aliphatic rings. The highest BCUT2D eigenvalue weighted by molar-refractivity contribution is 5.07. The molecule has 1 aliphatic carbocycles. The Labute approximate surface area is 96.2 Å². The van der Waals surface area contributed by atoms with Gasteiger partial charge in [-0.2, -0.15) is 0 Å². The summed E-state index contributed by atoms with van der Waals surface area (Å²) in [5.41, 5.74) is 1.75. The van der Waals surface area contributed by atoms with Crippen LogP contribution in [0, 0.1) is 5.92 Å². The van der Waals surface area contributed by atoms with Crippen molar-refractivity contribution >= 4 is 0 Å². The van der Waals surface area contributed by atoms with Gasteiger partial charge in [0.25, 0.3) is 0 Å². The zero-order chi connectivity index (χ0) is 10.9. The highest BCUT2D eigenvalue weighted by Gasteiger charge is 2.13. The van der Waals surface area contributed by atoms with Gasteiger partial charge in [0.15, 0.2) is 0 Å². The van der Waals surface area contributed by atoms with Crippen molar-refractivity contribution in [3.05, 3.63) is 11.6 Å². The van der Waals surface area contributed by atoms with Crippen LogP contribution in [0.3, 0.4) is 0 Å². The molecule has 88 valence electrons. The summed E-state index contributed by atoms with van der Waals surface area (Å²) in [5.74, 6) is 0.959. The lowest BCUT2D eigenvalue weighted by molar-refractivity contribution is 0.609. The van der Waals surface area contributed by atoms with E-state index in [4.69, 9.17) is 0 Å². The van der Waals surface area contributed by atoms with Gasteiger partial charge < -0.3 is 0 Å². The summed E-state index contributed by atoms with van der Waals surface area (Å²) >= 11 is 0. The minimum absolute atomic E-state index is 0.959. The van der Waals surface area contributed by atoms with E-state index in [-0.39, 0.29) is 0 Å². The van der Waals surface area contributed by atoms with Gasteiger partial charge in [-0.25, -0.2) is 0 Å². The van der Waals surface area contributed by atoms with Crippen LogP contribution in [0.4, 0.5) is 0 Å². The van der Waals surface area contributed by atoms with E-state index in [1.165, 1.54) is 64.2 Å². The maximum atomic E-state index is 2.53. The lowest BCUT2D eigenvalue weighted by atomic mass is 10.1. The summed E-state index contributed by atoms with van der Waals surface area (Å²) in [6.07, 6.45) is 16.6. The first-order chi connectivity index (χ1) is 7.33. The summed E-state index contributed by atoms with van der Waals surface area (Å²) in [5, 5.41) is 0. The molecule has 1 rings (SSSR count). The number of unbranched alkanes of at least 4 members (excludes halogenated alkanes) is 6. The first-order valence-electron chi connectivity index (χ1n) is 7.00. The fourth-order valence-electron chi connectivity index (χ4n) is 2.50. The van der Waals surface area contributed by atoms with Gasteiger partial charge in [0.1, 0.15) is 0 Å². The van der Waals surface area contributed by atoms with E-state index in [1.807, 2.05) is 0 Å². The smallest absolute Gasteiger partial charge is 0.0294 e. The lowest BCUT2D eigenvalue weighted by Gasteiger charge is -1.99. The molecule has 1 fully saturated rings. The van der Waals surface area contributed by atoms with Crippen LogP contribution < -0.4 is 0 Å². The Kier molecular flexibility index (Phi) is 6.80. The van der Waals surface area contributed by atoms with Crippen molar-refractivity contribution in [1.29, 1.82) is 0 Å². The van der Waals surface area contributed by atoms with Crippen molar-refractivity contribution in [3.63, 3.8) is 0 Å². The molecule has 1 atom stereocenters. The van der Waals surface area contributed by atoms with E-state index in [0.717, 1.165) is 5.92 Å². The van der Waals surface area contributed by atoms with Crippen LogP contribution in [0.15, 0.2) is 11.6 Å². The Hall–Kier alpha value is -0.260. The van der Waals surface area contributed by atoms with Crippen molar-refractivity contribution < 1.29 is 0 Å². The van der Waals surface area contributed by atoms with Gasteiger partial charge in [0.05, 0.1) is 0 Å². The highest BCUT2D eigenvalue weighted by atomic mass is 14.2. The second-order valence-corrected chi connectivity index (χ2v) is 5.27. The molecular formula is C15H28. The van der Waals surface area contributed by atoms with Crippen LogP contribution in [-0.4, -0.2) is 0 Å². The zero-order valence-electron chi connectivity index (χ0n) is 10.7. The highest BCUT2D eigenvalue weighted by Crippen LogP contribution is 2.29. The average Bonchev–Trinajstić information content (AvgIpc) is 2.63. The van der Waals surface area contributed by atoms with Gasteiger partial charge in [0.2, 0.25) is 0 Å². The molecule has 1 saturated carbocycles. The van der Waals surface area contributed by atoms with E-state index in [9.17, 15) is 0 Å². The van der Waals surface area contributed by atoms with Crippen LogP contribution in [0.5, 0.6) is 0 Å². The number of allylic oxidation sites excluding steroid dienone is 2. The summed E-state index contributed by atoms with van der Waals surface area (Å²) in [6.45, 7) is 4.66. The Morgan fingerprint density at radius 1 is 1.13 bits per heavy atom. The van der Waals surface area contributed by atoms with E-state index in [2.05, 4.69) is 19.9 Å². The fourth-order valence-corrected chi connectivity index (χ4v) is 2.50. The van der Waals surface area contributed by atoms with Crippen molar-refractivity contribution in [2.45, 2.75) is 78.1 Å². The molecule has 0 aromatic rings. The Morgan fingerprint density at radius 3 is 2.53 bits per heavy atom. The molecule has 0 aromatic carbocycles. The number of rotatable bonds is 7. The maximum Gasteiger partial charge on any atom is -0.0294 e. The van der Waals surface area contributed by atoms with Crippen LogP contribution in [0.25, 0.3) is 0 Å². The number of hydrogen-bond acceptors (Lipinski definition) is 0. The van der Waals surface area contributed by atoms with Crippen molar-refractivity contribution in [2.75, 3.05) is 0 Å². The molecule has 0 bridgehead atoms. The van der Waals surface area contributed by atoms with Gasteiger partial charge in [-0.1, -0.05) is 57.6 Å². The summed E-state index contributed by atoms with van der Waals surface area (Å²) in [4.78, 5) is 0. The minimum Gasteiger partial charge on any atom is -0.0853 e. The quantitative estimate of drug-likeness (QED) is 0.384. The van der Waals surface area contributed by atoms with Crippen LogP contribution >= 0.6 is 0 Å². The largest absolute Gasteiger partial charge is 0.0853 e. The molecule has 0 aromatic heterocycles. The SMILES string of the molecule is CCCCCCCCC=C1CCC(C)C1. The Balaban J connectivity index is 1.92. The Bertz CT molecular complexity index is 178. The van der Waals surface area contributed by atoms with Crippen molar-refractivity contribution in [1.82, 2.24) is 0 Å². The van der Waals surface area contributed by atoms with Crippen LogP contribution in [-0.2, 0) is 0 Å². The molecule has 0 heteroatoms. The van der Waals surface area contributed by atoms with Crippen molar-refractivity contribution in [3.8, 4) is 0 Å². The first kappa shape index (κ1) is 12.8. The molecular weight excluding hydrogens is 180 g/mol. The normalized spacial score (nSPS) is 23.9. The molecule has 0 N–H and O–H groups in total. The van der Waals surface area contributed by atoms with Gasteiger partial charge in [-0.3, -0.25) is 0 Å². The molecule has 0 amide bonds. The molecule has 0 aliphatic heterocycles. The second kappa shape index (κ2) is 7.96. The second-order valence-electron chi connectivity index (χ2n) is 5.27. The molecule has 0 nitrogen and oxygen atoms in total. The molecule has 0 heterocycles. The number of hydrogen-bond donors (Lipinski definition) is 0. The summed E-state index contributed by atoms with van der Waals surface area (Å²) < 4.78 is 0. The van der Waals surface area contributed by atoms with Gasteiger partial charge in [-0.05, 0) is 38.0 Å². The predicted molar refractivity (Wildman–Crippen MR) is 69.1 cm³/mol. The van der Waals surface area contributed by atoms with Crippen molar-refractivity contribution in [2.24, 2.45) is 5.92 Å². The lowest BCUT2D eigenvalue weighted by Crippen LogP contribution is -1.81. The maximum absolute atomic E-state index is 2.53. The minimum atomic E-state index is 0.959. The topological polar surface area (TPSA) is 0 Å². The van der Waals surface area contributed by atoms with E-state index in [0.29, 0.717) is 0 Å². The third kappa shape index (κ3) is 6.02. The molecule has 15 heavy (non-hydrogen) atoms. The van der Waals surface area contributed by atoms with Crippen LogP contribution in [0.1, 0.15) is 78.1 Å². The molecule has 0 radical (unpaired) electrons. The Morgan fingerprint density at radius 2 is 1.87 bits per heavy atom. The first-order valence-corrected chi connectivity index (χ1v) is 7.00. The zero-order valence-corrected chi connectivity index (χ0v) is 10.7. The van der Waals surface area contributed by atoms with Gasteiger partial charge in [0, 0.05) is 0 Å². The van der Waals surface area contributed by atoms with Gasteiger partial charge in [-0.15, -0.1) is 0 Å². The third-order valence-corrected chi connectivity index (χ3v) is 3.56. The van der Waals surface area contributed by atoms with Crippen LogP contribution in [0.2, 0.25) is 0 Å². The summed E-state index contributed by atoms with van der Waals surface area (Å²) in [7, 11) is 0. The molecule has 0 saturated heterocycles. The standard InChI is InChI=1S/C15H28/c1-3-4-5-6-7-8-9-10-15-12-11-14(2)13-15/h10,14H,3-9,11-13H2,1-2H3. The van der Waals surface area contributed by atoms with E-state index >= 15 is 0 Å². The predicted octanol–water partition coefficient (Wildman–Crippen LogP) is 5.48.